The minimum absolute atomic E-state index is 0. The Morgan fingerprint density at radius 1 is 0.593 bits per heavy atom. The fraction of sp³-hybridized carbons (Fsp3) is 0. The number of aromatic hydroxyl groups is 2. The van der Waals surface area contributed by atoms with Gasteiger partial charge in [0.1, 0.15) is 22.5 Å². The standard InChI is InChI=1S/C20H12N2O4.Pt/c23-13-7-3-1-5-11(13)19-21-17-15(25-19)9-10-16-18(17)22-20(26-16)12-6-2-4-8-14(12)24;/h1-10,23-24H;. The molecular formula is C20H12N2O4Pt. The molecule has 0 aliphatic carbocycles. The van der Waals surface area contributed by atoms with Gasteiger partial charge in [-0.05, 0) is 36.4 Å². The molecule has 27 heavy (non-hydrogen) atoms. The van der Waals surface area contributed by atoms with Gasteiger partial charge in [-0.2, -0.15) is 0 Å². The first-order valence-corrected chi connectivity index (χ1v) is 7.97. The van der Waals surface area contributed by atoms with Crippen LogP contribution in [-0.2, 0) is 21.1 Å². The third-order valence-electron chi connectivity index (χ3n) is 4.19. The van der Waals surface area contributed by atoms with Crippen LogP contribution in [0.2, 0.25) is 0 Å². The smallest absolute Gasteiger partial charge is 0.231 e. The van der Waals surface area contributed by atoms with Gasteiger partial charge in [0.2, 0.25) is 11.8 Å². The predicted octanol–water partition coefficient (Wildman–Crippen LogP) is 4.71. The zero-order valence-corrected chi connectivity index (χ0v) is 16.0. The summed E-state index contributed by atoms with van der Waals surface area (Å²) in [5, 5.41) is 20.0. The van der Waals surface area contributed by atoms with Crippen LogP contribution in [0, 0.1) is 0 Å². The number of hydrogen-bond donors (Lipinski definition) is 2. The molecule has 0 aliphatic rings. The Morgan fingerprint density at radius 3 is 1.41 bits per heavy atom. The fourth-order valence-corrected chi connectivity index (χ4v) is 2.92. The van der Waals surface area contributed by atoms with Crippen molar-refractivity contribution in [3.63, 3.8) is 0 Å². The van der Waals surface area contributed by atoms with Gasteiger partial charge in [0.15, 0.2) is 11.2 Å². The summed E-state index contributed by atoms with van der Waals surface area (Å²) in [6, 6.07) is 17.2. The van der Waals surface area contributed by atoms with Gasteiger partial charge in [0, 0.05) is 21.1 Å². The van der Waals surface area contributed by atoms with Crippen molar-refractivity contribution in [2.45, 2.75) is 0 Å². The molecule has 0 radical (unpaired) electrons. The third-order valence-corrected chi connectivity index (χ3v) is 4.19. The van der Waals surface area contributed by atoms with E-state index in [1.165, 1.54) is 0 Å². The van der Waals surface area contributed by atoms with Crippen molar-refractivity contribution in [1.29, 1.82) is 0 Å². The molecule has 2 aromatic heterocycles. The minimum Gasteiger partial charge on any atom is -0.507 e. The Bertz CT molecular complexity index is 1180. The Morgan fingerprint density at radius 2 is 1.00 bits per heavy atom. The van der Waals surface area contributed by atoms with Gasteiger partial charge < -0.3 is 19.0 Å². The molecular weight excluding hydrogens is 527 g/mol. The zero-order chi connectivity index (χ0) is 17.7. The van der Waals surface area contributed by atoms with Gasteiger partial charge in [-0.25, -0.2) is 9.97 Å². The normalized spacial score (nSPS) is 11.0. The maximum atomic E-state index is 10.0. The summed E-state index contributed by atoms with van der Waals surface area (Å²) in [5.41, 5.74) is 3.14. The molecule has 5 aromatic rings. The van der Waals surface area contributed by atoms with E-state index < -0.39 is 0 Å². The van der Waals surface area contributed by atoms with E-state index in [1.807, 2.05) is 0 Å². The number of nitrogens with zero attached hydrogens (tertiary/aromatic N) is 2. The summed E-state index contributed by atoms with van der Waals surface area (Å²) in [7, 11) is 0. The van der Waals surface area contributed by atoms with E-state index in [1.54, 1.807) is 60.7 Å². The van der Waals surface area contributed by atoms with E-state index in [2.05, 4.69) is 9.97 Å². The minimum atomic E-state index is 0. The van der Waals surface area contributed by atoms with E-state index >= 15 is 0 Å². The van der Waals surface area contributed by atoms with Crippen molar-refractivity contribution in [3.05, 3.63) is 60.7 Å². The van der Waals surface area contributed by atoms with Crippen LogP contribution in [0.4, 0.5) is 0 Å². The molecule has 7 heteroatoms. The number of oxazole rings is 2. The molecule has 2 heterocycles. The van der Waals surface area contributed by atoms with Gasteiger partial charge in [-0.1, -0.05) is 24.3 Å². The molecule has 0 fully saturated rings. The molecule has 2 N–H and O–H groups in total. The van der Waals surface area contributed by atoms with Crippen LogP contribution in [0.5, 0.6) is 11.5 Å². The van der Waals surface area contributed by atoms with Crippen molar-refractivity contribution in [3.8, 4) is 34.4 Å². The molecule has 0 aliphatic heterocycles. The molecule has 3 aromatic carbocycles. The average molecular weight is 539 g/mol. The average Bonchev–Trinajstić information content (AvgIpc) is 3.26. The molecule has 0 bridgehead atoms. The molecule has 136 valence electrons. The van der Waals surface area contributed by atoms with Crippen molar-refractivity contribution in [1.82, 2.24) is 9.97 Å². The SMILES string of the molecule is Oc1ccccc1-c1nc2c(ccc3oc(-c4ccccc4O)nc32)o1.[Pt]. The summed E-state index contributed by atoms with van der Waals surface area (Å²) in [6.07, 6.45) is 0. The fourth-order valence-electron chi connectivity index (χ4n) is 2.92. The van der Waals surface area contributed by atoms with Crippen molar-refractivity contribution >= 4 is 22.2 Å². The molecule has 6 nitrogen and oxygen atoms in total. The molecule has 0 atom stereocenters. The number of benzene rings is 3. The number of phenolic OH excluding ortho intramolecular Hbond substituents is 2. The van der Waals surface area contributed by atoms with Gasteiger partial charge in [0.05, 0.1) is 11.1 Å². The Labute approximate surface area is 167 Å². The number of para-hydroxylation sites is 2. The molecule has 0 unspecified atom stereocenters. The second-order valence-electron chi connectivity index (χ2n) is 5.83. The number of fused-ring (bicyclic) bond motifs is 3. The number of phenols is 2. The number of hydrogen-bond acceptors (Lipinski definition) is 6. The van der Waals surface area contributed by atoms with Crippen molar-refractivity contribution < 1.29 is 40.1 Å². The molecule has 0 saturated carbocycles. The molecule has 5 rings (SSSR count). The second kappa shape index (κ2) is 6.56. The van der Waals surface area contributed by atoms with E-state index in [9.17, 15) is 10.2 Å². The van der Waals surface area contributed by atoms with Crippen LogP contribution in [0.3, 0.4) is 0 Å². The first-order valence-electron chi connectivity index (χ1n) is 7.97. The van der Waals surface area contributed by atoms with E-state index in [0.717, 1.165) is 0 Å². The second-order valence-corrected chi connectivity index (χ2v) is 5.83. The van der Waals surface area contributed by atoms with E-state index in [0.29, 0.717) is 45.1 Å². The van der Waals surface area contributed by atoms with Crippen LogP contribution < -0.4 is 0 Å². The first kappa shape index (κ1) is 17.3. The topological polar surface area (TPSA) is 92.5 Å². The summed E-state index contributed by atoms with van der Waals surface area (Å²) < 4.78 is 11.6. The Kier molecular flexibility index (Phi) is 4.20. The molecule has 0 saturated heterocycles. The Hall–Kier alpha value is -3.11. The monoisotopic (exact) mass is 539 g/mol. The van der Waals surface area contributed by atoms with E-state index in [4.69, 9.17) is 8.83 Å². The summed E-state index contributed by atoms with van der Waals surface area (Å²) in [5.74, 6) is 0.783. The molecule has 0 amide bonds. The van der Waals surface area contributed by atoms with Crippen LogP contribution in [0.25, 0.3) is 45.1 Å². The van der Waals surface area contributed by atoms with E-state index in [-0.39, 0.29) is 32.6 Å². The number of aromatic nitrogens is 2. The summed E-state index contributed by atoms with van der Waals surface area (Å²) in [6.45, 7) is 0. The van der Waals surface area contributed by atoms with Gasteiger partial charge in [-0.3, -0.25) is 0 Å². The maximum Gasteiger partial charge on any atom is 0.231 e. The predicted molar refractivity (Wildman–Crippen MR) is 95.8 cm³/mol. The van der Waals surface area contributed by atoms with Gasteiger partial charge in [-0.15, -0.1) is 0 Å². The zero-order valence-electron chi connectivity index (χ0n) is 13.7. The third kappa shape index (κ3) is 2.78. The first-order chi connectivity index (χ1) is 12.7. The summed E-state index contributed by atoms with van der Waals surface area (Å²) >= 11 is 0. The molecule has 0 spiro atoms. The van der Waals surface area contributed by atoms with Gasteiger partial charge >= 0.3 is 0 Å². The quantitative estimate of drug-likeness (QED) is 0.338. The number of rotatable bonds is 2. The summed E-state index contributed by atoms with van der Waals surface area (Å²) in [4.78, 5) is 8.98. The largest absolute Gasteiger partial charge is 0.507 e. The van der Waals surface area contributed by atoms with Crippen LogP contribution in [-0.4, -0.2) is 20.2 Å². The maximum absolute atomic E-state index is 10.0. The van der Waals surface area contributed by atoms with Crippen LogP contribution >= 0.6 is 0 Å². The van der Waals surface area contributed by atoms with Crippen molar-refractivity contribution in [2.75, 3.05) is 0 Å². The van der Waals surface area contributed by atoms with Crippen LogP contribution in [0.15, 0.2) is 69.5 Å². The van der Waals surface area contributed by atoms with Crippen LogP contribution in [0.1, 0.15) is 0 Å². The van der Waals surface area contributed by atoms with Gasteiger partial charge in [0.25, 0.3) is 0 Å². The van der Waals surface area contributed by atoms with Crippen molar-refractivity contribution in [2.24, 2.45) is 0 Å². The Balaban J connectivity index is 0.00000180.